The maximum absolute atomic E-state index is 11.7. The molecule has 0 fully saturated rings. The molecule has 0 aliphatic heterocycles. The number of rotatable bonds is 8. The van der Waals surface area contributed by atoms with Crippen LogP contribution >= 0.6 is 11.6 Å². The van der Waals surface area contributed by atoms with Crippen LogP contribution in [-0.2, 0) is 11.2 Å². The van der Waals surface area contributed by atoms with E-state index < -0.39 is 5.38 Å². The fourth-order valence-corrected chi connectivity index (χ4v) is 2.11. The van der Waals surface area contributed by atoms with Gasteiger partial charge in [0.1, 0.15) is 0 Å². The summed E-state index contributed by atoms with van der Waals surface area (Å²) < 4.78 is 0. The summed E-state index contributed by atoms with van der Waals surface area (Å²) in [7, 11) is 1.66. The quantitative estimate of drug-likeness (QED) is 0.454. The Hall–Kier alpha value is -1.35. The smallest absolute Gasteiger partial charge is 0.219 e. The molecule has 20 heavy (non-hydrogen) atoms. The zero-order valence-electron chi connectivity index (χ0n) is 12.1. The molecule has 0 aliphatic rings. The molecule has 3 nitrogen and oxygen atoms in total. The molecule has 1 N–H and O–H groups in total. The normalized spacial score (nSPS) is 11.9. The number of aryl methyl sites for hydroxylation is 1. The van der Waals surface area contributed by atoms with Crippen LogP contribution in [-0.4, -0.2) is 24.1 Å². The van der Waals surface area contributed by atoms with Crippen molar-refractivity contribution in [2.75, 3.05) is 7.05 Å². The van der Waals surface area contributed by atoms with Gasteiger partial charge in [-0.3, -0.25) is 9.59 Å². The van der Waals surface area contributed by atoms with E-state index in [9.17, 15) is 9.59 Å². The third-order valence-electron chi connectivity index (χ3n) is 3.25. The van der Waals surface area contributed by atoms with Crippen molar-refractivity contribution in [3.8, 4) is 0 Å². The lowest BCUT2D eigenvalue weighted by Crippen LogP contribution is -2.16. The fourth-order valence-electron chi connectivity index (χ4n) is 1.98. The van der Waals surface area contributed by atoms with Gasteiger partial charge in [-0.1, -0.05) is 30.7 Å². The van der Waals surface area contributed by atoms with E-state index in [1.807, 2.05) is 24.3 Å². The predicted molar refractivity (Wildman–Crippen MR) is 82.3 cm³/mol. The maximum Gasteiger partial charge on any atom is 0.219 e. The predicted octanol–water partition coefficient (Wildman–Crippen LogP) is 3.35. The number of halogens is 1. The Morgan fingerprint density at radius 2 is 1.80 bits per heavy atom. The average Bonchev–Trinajstić information content (AvgIpc) is 2.46. The highest BCUT2D eigenvalue weighted by Crippen LogP contribution is 2.12. The summed E-state index contributed by atoms with van der Waals surface area (Å²) >= 11 is 5.78. The topological polar surface area (TPSA) is 46.2 Å². The summed E-state index contributed by atoms with van der Waals surface area (Å²) in [6.45, 7) is 1.68. The third kappa shape index (κ3) is 5.74. The van der Waals surface area contributed by atoms with Gasteiger partial charge in [0.25, 0.3) is 0 Å². The van der Waals surface area contributed by atoms with Crippen LogP contribution in [0.15, 0.2) is 24.3 Å². The number of ketones is 1. The largest absolute Gasteiger partial charge is 0.359 e. The highest BCUT2D eigenvalue weighted by atomic mass is 35.5. The van der Waals surface area contributed by atoms with Crippen LogP contribution in [0, 0.1) is 0 Å². The van der Waals surface area contributed by atoms with Crippen LogP contribution in [0.3, 0.4) is 0 Å². The van der Waals surface area contributed by atoms with Crippen LogP contribution in [0.25, 0.3) is 0 Å². The molecule has 1 aromatic rings. The average molecular weight is 296 g/mol. The number of Topliss-reactive ketones (excluding diaryl/α,β-unsaturated/α-hetero) is 1. The van der Waals surface area contributed by atoms with E-state index in [4.69, 9.17) is 11.6 Å². The molecule has 1 amide bonds. The molecule has 1 atom stereocenters. The number of carbonyl (C=O) groups is 2. The van der Waals surface area contributed by atoms with Gasteiger partial charge < -0.3 is 5.32 Å². The third-order valence-corrected chi connectivity index (χ3v) is 3.45. The van der Waals surface area contributed by atoms with Gasteiger partial charge in [0.15, 0.2) is 5.78 Å². The van der Waals surface area contributed by atoms with E-state index in [2.05, 4.69) is 5.32 Å². The van der Waals surface area contributed by atoms with Crippen LogP contribution < -0.4 is 5.32 Å². The first kappa shape index (κ1) is 16.7. The molecular weight excluding hydrogens is 274 g/mol. The molecule has 4 heteroatoms. The van der Waals surface area contributed by atoms with Crippen molar-refractivity contribution in [3.63, 3.8) is 0 Å². The molecule has 0 radical (unpaired) electrons. The number of hydrogen-bond acceptors (Lipinski definition) is 2. The Morgan fingerprint density at radius 1 is 1.15 bits per heavy atom. The monoisotopic (exact) mass is 295 g/mol. The van der Waals surface area contributed by atoms with E-state index in [0.717, 1.165) is 25.7 Å². The number of hydrogen-bond donors (Lipinski definition) is 1. The van der Waals surface area contributed by atoms with Crippen LogP contribution in [0.5, 0.6) is 0 Å². The van der Waals surface area contributed by atoms with Crippen molar-refractivity contribution >= 4 is 23.3 Å². The minimum Gasteiger partial charge on any atom is -0.359 e. The van der Waals surface area contributed by atoms with Crippen molar-refractivity contribution in [1.29, 1.82) is 0 Å². The summed E-state index contributed by atoms with van der Waals surface area (Å²) in [6.07, 6.45) is 4.57. The van der Waals surface area contributed by atoms with Gasteiger partial charge in [-0.25, -0.2) is 0 Å². The number of amides is 1. The standard InChI is InChI=1S/C16H22ClNO2/c1-12(17)16(20)14-10-8-13(9-11-14)6-4-3-5-7-15(19)18-2/h8-12H,3-7H2,1-2H3,(H,18,19). The molecule has 0 saturated carbocycles. The Labute approximate surface area is 125 Å². The highest BCUT2D eigenvalue weighted by molar-refractivity contribution is 6.33. The van der Waals surface area contributed by atoms with Gasteiger partial charge in [-0.05, 0) is 31.7 Å². The molecule has 0 spiro atoms. The molecule has 1 unspecified atom stereocenters. The molecule has 0 aliphatic carbocycles. The van der Waals surface area contributed by atoms with Gasteiger partial charge in [0.05, 0.1) is 5.38 Å². The van der Waals surface area contributed by atoms with Gasteiger partial charge >= 0.3 is 0 Å². The maximum atomic E-state index is 11.7. The first-order chi connectivity index (χ1) is 9.54. The second kappa shape index (κ2) is 8.75. The lowest BCUT2D eigenvalue weighted by molar-refractivity contribution is -0.120. The van der Waals surface area contributed by atoms with Crippen LogP contribution in [0.2, 0.25) is 0 Å². The second-order valence-corrected chi connectivity index (χ2v) is 5.57. The van der Waals surface area contributed by atoms with E-state index in [1.165, 1.54) is 5.56 Å². The first-order valence-corrected chi connectivity index (χ1v) is 7.46. The molecule has 0 saturated heterocycles. The Morgan fingerprint density at radius 3 is 2.35 bits per heavy atom. The summed E-state index contributed by atoms with van der Waals surface area (Å²) in [4.78, 5) is 22.7. The summed E-state index contributed by atoms with van der Waals surface area (Å²) in [6, 6.07) is 7.62. The van der Waals surface area contributed by atoms with E-state index in [1.54, 1.807) is 14.0 Å². The van der Waals surface area contributed by atoms with Gasteiger partial charge in [0.2, 0.25) is 5.91 Å². The van der Waals surface area contributed by atoms with Crippen molar-refractivity contribution in [1.82, 2.24) is 5.32 Å². The van der Waals surface area contributed by atoms with Crippen LogP contribution in [0.1, 0.15) is 48.5 Å². The Kier molecular flexibility index (Phi) is 7.31. The van der Waals surface area contributed by atoms with E-state index in [-0.39, 0.29) is 11.7 Å². The summed E-state index contributed by atoms with van der Waals surface area (Å²) in [5, 5.41) is 2.14. The van der Waals surface area contributed by atoms with Crippen molar-refractivity contribution < 1.29 is 9.59 Å². The molecule has 0 bridgehead atoms. The molecule has 0 aromatic heterocycles. The lowest BCUT2D eigenvalue weighted by atomic mass is 10.0. The number of nitrogens with one attached hydrogen (secondary N) is 1. The molecular formula is C16H22ClNO2. The fraction of sp³-hybridized carbons (Fsp3) is 0.500. The minimum atomic E-state index is -0.481. The number of alkyl halides is 1. The lowest BCUT2D eigenvalue weighted by Gasteiger charge is -2.05. The van der Waals surface area contributed by atoms with Crippen molar-refractivity contribution in [2.24, 2.45) is 0 Å². The number of unbranched alkanes of at least 4 members (excludes halogenated alkanes) is 2. The Bertz CT molecular complexity index is 440. The van der Waals surface area contributed by atoms with Crippen LogP contribution in [0.4, 0.5) is 0 Å². The molecule has 1 rings (SSSR count). The molecule has 0 heterocycles. The van der Waals surface area contributed by atoms with Gasteiger partial charge in [-0.15, -0.1) is 11.6 Å². The second-order valence-electron chi connectivity index (χ2n) is 4.91. The van der Waals surface area contributed by atoms with Gasteiger partial charge in [-0.2, -0.15) is 0 Å². The highest BCUT2D eigenvalue weighted by Gasteiger charge is 2.11. The Balaban J connectivity index is 2.32. The zero-order valence-corrected chi connectivity index (χ0v) is 12.9. The SMILES string of the molecule is CNC(=O)CCCCCc1ccc(C(=O)C(C)Cl)cc1. The first-order valence-electron chi connectivity index (χ1n) is 7.02. The summed E-state index contributed by atoms with van der Waals surface area (Å²) in [5.41, 5.74) is 1.87. The zero-order chi connectivity index (χ0) is 15.0. The molecule has 1 aromatic carbocycles. The minimum absolute atomic E-state index is 0.0382. The van der Waals surface area contributed by atoms with Crippen molar-refractivity contribution in [2.45, 2.75) is 44.4 Å². The number of carbonyl (C=O) groups excluding carboxylic acids is 2. The molecule has 110 valence electrons. The van der Waals surface area contributed by atoms with Crippen molar-refractivity contribution in [3.05, 3.63) is 35.4 Å². The summed E-state index contributed by atoms with van der Waals surface area (Å²) in [5.74, 6) is 0.0619. The van der Waals surface area contributed by atoms with E-state index >= 15 is 0 Å². The van der Waals surface area contributed by atoms with Gasteiger partial charge in [0, 0.05) is 19.0 Å². The number of benzene rings is 1. The van der Waals surface area contributed by atoms with E-state index in [0.29, 0.717) is 12.0 Å².